The molecule has 7 aromatic carbocycles. The Labute approximate surface area is 287 Å². The highest BCUT2D eigenvalue weighted by Gasteiger charge is 2.18. The average Bonchev–Trinajstić information content (AvgIpc) is 3.76. The molecular weight excluding hydrogens is 615 g/mol. The van der Waals surface area contributed by atoms with E-state index in [2.05, 4.69) is 84.9 Å². The van der Waals surface area contributed by atoms with Gasteiger partial charge in [0.05, 0.1) is 0 Å². The van der Waals surface area contributed by atoms with Gasteiger partial charge >= 0.3 is 0 Å². The first-order chi connectivity index (χ1) is 24.7. The molecule has 3 aromatic heterocycles. The Morgan fingerprint density at radius 3 is 1.60 bits per heavy atom. The second-order valence-electron chi connectivity index (χ2n) is 12.4. The van der Waals surface area contributed by atoms with Crippen molar-refractivity contribution >= 4 is 43.9 Å². The Hall–Kier alpha value is -6.85. The van der Waals surface area contributed by atoms with Crippen molar-refractivity contribution in [2.24, 2.45) is 0 Å². The van der Waals surface area contributed by atoms with Gasteiger partial charge in [-0.1, -0.05) is 121 Å². The lowest BCUT2D eigenvalue weighted by Gasteiger charge is -2.13. The Balaban J connectivity index is 1.20. The van der Waals surface area contributed by atoms with Gasteiger partial charge in [-0.25, -0.2) is 15.0 Å². The number of hydrogen-bond donors (Lipinski definition) is 0. The number of aromatic nitrogens is 3. The topological polar surface area (TPSA) is 65.0 Å². The summed E-state index contributed by atoms with van der Waals surface area (Å²) in [6, 6.07) is 55.8. The van der Waals surface area contributed by atoms with E-state index in [0.717, 1.165) is 82.8 Å². The summed E-state index contributed by atoms with van der Waals surface area (Å²) in [4.78, 5) is 15.2. The quantitative estimate of drug-likeness (QED) is 0.187. The van der Waals surface area contributed by atoms with Crippen molar-refractivity contribution in [3.8, 4) is 56.4 Å². The normalized spacial score (nSPS) is 11.6. The minimum atomic E-state index is 0.572. The molecule has 0 bridgehead atoms. The van der Waals surface area contributed by atoms with E-state index in [1.54, 1.807) is 0 Å². The summed E-state index contributed by atoms with van der Waals surface area (Å²) in [5.74, 6) is 1.75. The third-order valence-corrected chi connectivity index (χ3v) is 9.32. The molecule has 3 heterocycles. The van der Waals surface area contributed by atoms with E-state index in [1.165, 1.54) is 0 Å². The molecule has 10 aromatic rings. The molecule has 0 fully saturated rings. The SMILES string of the molecule is c1ccc(-c2cc(-c3nc(-c4ccccc4)nc(-c4ccc5c(c4)oc4ccccc45)n3)cc(-c3cccc4c3oc3ccccc34)c2)cc1. The molecule has 0 atom stereocenters. The van der Waals surface area contributed by atoms with E-state index < -0.39 is 0 Å². The number of benzene rings is 7. The largest absolute Gasteiger partial charge is 0.456 e. The van der Waals surface area contributed by atoms with E-state index in [0.29, 0.717) is 17.5 Å². The lowest BCUT2D eigenvalue weighted by Crippen LogP contribution is -2.00. The highest BCUT2D eigenvalue weighted by molar-refractivity contribution is 6.10. The van der Waals surface area contributed by atoms with Crippen LogP contribution >= 0.6 is 0 Å². The van der Waals surface area contributed by atoms with Crippen LogP contribution in [-0.2, 0) is 0 Å². The summed E-state index contributed by atoms with van der Waals surface area (Å²) in [6.07, 6.45) is 0. The summed E-state index contributed by atoms with van der Waals surface area (Å²) in [5.41, 5.74) is 10.2. The molecule has 50 heavy (non-hydrogen) atoms. The monoisotopic (exact) mass is 641 g/mol. The predicted molar refractivity (Wildman–Crippen MR) is 202 cm³/mol. The molecular formula is C45H27N3O2. The number of rotatable bonds is 5. The number of furan rings is 2. The van der Waals surface area contributed by atoms with E-state index in [4.69, 9.17) is 23.8 Å². The number of hydrogen-bond acceptors (Lipinski definition) is 5. The maximum atomic E-state index is 6.49. The van der Waals surface area contributed by atoms with Crippen LogP contribution in [0.25, 0.3) is 100 Å². The van der Waals surface area contributed by atoms with E-state index in [-0.39, 0.29) is 0 Å². The number of nitrogens with zero attached hydrogens (tertiary/aromatic N) is 3. The summed E-state index contributed by atoms with van der Waals surface area (Å²) >= 11 is 0. The Morgan fingerprint density at radius 2 is 0.840 bits per heavy atom. The van der Waals surface area contributed by atoms with Crippen LogP contribution in [0.1, 0.15) is 0 Å². The van der Waals surface area contributed by atoms with Crippen LogP contribution in [0.2, 0.25) is 0 Å². The van der Waals surface area contributed by atoms with Crippen molar-refractivity contribution in [2.45, 2.75) is 0 Å². The fraction of sp³-hybridized carbons (Fsp3) is 0. The van der Waals surface area contributed by atoms with Crippen LogP contribution in [0.15, 0.2) is 173 Å². The average molecular weight is 642 g/mol. The minimum absolute atomic E-state index is 0.572. The molecule has 0 radical (unpaired) electrons. The molecule has 234 valence electrons. The van der Waals surface area contributed by atoms with Gasteiger partial charge in [-0.3, -0.25) is 0 Å². The summed E-state index contributed by atoms with van der Waals surface area (Å²) < 4.78 is 12.7. The van der Waals surface area contributed by atoms with Crippen molar-refractivity contribution < 1.29 is 8.83 Å². The van der Waals surface area contributed by atoms with Crippen molar-refractivity contribution in [1.82, 2.24) is 15.0 Å². The van der Waals surface area contributed by atoms with Gasteiger partial charge in [0.15, 0.2) is 17.5 Å². The first kappa shape index (κ1) is 28.2. The van der Waals surface area contributed by atoms with Gasteiger partial charge in [-0.2, -0.15) is 0 Å². The molecule has 10 rings (SSSR count). The number of fused-ring (bicyclic) bond motifs is 6. The Bertz CT molecular complexity index is 2870. The van der Waals surface area contributed by atoms with Gasteiger partial charge in [0.1, 0.15) is 22.3 Å². The van der Waals surface area contributed by atoms with E-state index in [9.17, 15) is 0 Å². The summed E-state index contributed by atoms with van der Waals surface area (Å²) in [5, 5.41) is 4.32. The van der Waals surface area contributed by atoms with Crippen molar-refractivity contribution in [1.29, 1.82) is 0 Å². The molecule has 0 amide bonds. The fourth-order valence-corrected chi connectivity index (χ4v) is 6.90. The van der Waals surface area contributed by atoms with Gasteiger partial charge in [-0.15, -0.1) is 0 Å². The maximum Gasteiger partial charge on any atom is 0.164 e. The van der Waals surface area contributed by atoms with E-state index in [1.807, 2.05) is 78.9 Å². The smallest absolute Gasteiger partial charge is 0.164 e. The van der Waals surface area contributed by atoms with Crippen LogP contribution in [0.4, 0.5) is 0 Å². The van der Waals surface area contributed by atoms with Crippen LogP contribution in [0, 0.1) is 0 Å². The first-order valence-corrected chi connectivity index (χ1v) is 16.6. The van der Waals surface area contributed by atoms with Crippen molar-refractivity contribution in [2.75, 3.05) is 0 Å². The van der Waals surface area contributed by atoms with Gasteiger partial charge in [0.2, 0.25) is 0 Å². The zero-order valence-electron chi connectivity index (χ0n) is 26.7. The zero-order chi connectivity index (χ0) is 33.0. The van der Waals surface area contributed by atoms with Gasteiger partial charge in [-0.05, 0) is 59.2 Å². The molecule has 0 aliphatic rings. The number of para-hydroxylation sites is 3. The third-order valence-electron chi connectivity index (χ3n) is 9.32. The molecule has 0 unspecified atom stereocenters. The maximum absolute atomic E-state index is 6.49. The predicted octanol–water partition coefficient (Wildman–Crippen LogP) is 12.0. The van der Waals surface area contributed by atoms with Crippen LogP contribution < -0.4 is 0 Å². The van der Waals surface area contributed by atoms with Gasteiger partial charge in [0.25, 0.3) is 0 Å². The van der Waals surface area contributed by atoms with Crippen LogP contribution in [0.3, 0.4) is 0 Å². The summed E-state index contributed by atoms with van der Waals surface area (Å²) in [6.45, 7) is 0. The summed E-state index contributed by atoms with van der Waals surface area (Å²) in [7, 11) is 0. The standard InChI is InChI=1S/C45H27N3O2/c1-3-12-28(13-4-1)31-24-32(34-18-11-19-38-36-17-8-10-21-40(36)50-42(34)38)26-33(25-31)45-47-43(29-14-5-2-6-15-29)46-44(48-45)30-22-23-37-35-16-7-9-20-39(35)49-41(37)27-30/h1-27H. The first-order valence-electron chi connectivity index (χ1n) is 16.6. The third kappa shape index (κ3) is 4.75. The van der Waals surface area contributed by atoms with Crippen molar-refractivity contribution in [3.05, 3.63) is 164 Å². The fourth-order valence-electron chi connectivity index (χ4n) is 6.90. The Kier molecular flexibility index (Phi) is 6.42. The molecule has 0 aliphatic heterocycles. The molecule has 0 saturated heterocycles. The van der Waals surface area contributed by atoms with E-state index >= 15 is 0 Å². The highest BCUT2D eigenvalue weighted by atomic mass is 16.3. The second-order valence-corrected chi connectivity index (χ2v) is 12.4. The minimum Gasteiger partial charge on any atom is -0.456 e. The lowest BCUT2D eigenvalue weighted by atomic mass is 9.94. The highest BCUT2D eigenvalue weighted by Crippen LogP contribution is 2.39. The molecule has 0 saturated carbocycles. The molecule has 0 N–H and O–H groups in total. The van der Waals surface area contributed by atoms with Crippen molar-refractivity contribution in [3.63, 3.8) is 0 Å². The van der Waals surface area contributed by atoms with Gasteiger partial charge < -0.3 is 8.83 Å². The van der Waals surface area contributed by atoms with Crippen LogP contribution in [-0.4, -0.2) is 15.0 Å². The lowest BCUT2D eigenvalue weighted by molar-refractivity contribution is 0.669. The molecule has 5 heteroatoms. The van der Waals surface area contributed by atoms with Crippen LogP contribution in [0.5, 0.6) is 0 Å². The molecule has 0 aliphatic carbocycles. The molecule has 5 nitrogen and oxygen atoms in total. The zero-order valence-corrected chi connectivity index (χ0v) is 26.7. The van der Waals surface area contributed by atoms with Gasteiger partial charge in [0, 0.05) is 43.8 Å². The second kappa shape index (κ2) is 11.4. The molecule has 0 spiro atoms. The Morgan fingerprint density at radius 1 is 0.300 bits per heavy atom.